The molecule has 1 heterocycles. The van der Waals surface area contributed by atoms with E-state index in [4.69, 9.17) is 20.1 Å². The molecule has 10 rings (SSSR count). The Balaban J connectivity index is 1.10. The molecule has 9 aromatic carbocycles. The third-order valence-electron chi connectivity index (χ3n) is 10.6. The second kappa shape index (κ2) is 13.6. The summed E-state index contributed by atoms with van der Waals surface area (Å²) < 4.78 is 6.68. The van der Waals surface area contributed by atoms with E-state index in [0.29, 0.717) is 18.2 Å². The molecule has 0 bridgehead atoms. The molecular formula is C51H35N3O. The van der Waals surface area contributed by atoms with Crippen LogP contribution in [-0.2, 0) is 6.54 Å². The van der Waals surface area contributed by atoms with Crippen molar-refractivity contribution in [2.24, 2.45) is 15.7 Å². The Hall–Kier alpha value is -7.30. The Labute approximate surface area is 318 Å². The van der Waals surface area contributed by atoms with Gasteiger partial charge in [-0.1, -0.05) is 170 Å². The molecule has 4 nitrogen and oxygen atoms in total. The predicted molar refractivity (Wildman–Crippen MR) is 231 cm³/mol. The van der Waals surface area contributed by atoms with Crippen molar-refractivity contribution in [2.45, 2.75) is 6.54 Å². The number of amidine groups is 2. The number of rotatable bonds is 6. The van der Waals surface area contributed by atoms with Crippen LogP contribution in [0.3, 0.4) is 0 Å². The van der Waals surface area contributed by atoms with Gasteiger partial charge in [-0.3, -0.25) is 4.99 Å². The highest BCUT2D eigenvalue weighted by Crippen LogP contribution is 2.41. The van der Waals surface area contributed by atoms with Crippen LogP contribution in [0.5, 0.6) is 0 Å². The van der Waals surface area contributed by atoms with Crippen LogP contribution >= 0.6 is 0 Å². The molecular weight excluding hydrogens is 671 g/mol. The maximum atomic E-state index is 6.68. The fourth-order valence-electron chi connectivity index (χ4n) is 7.85. The second-order valence-electron chi connectivity index (χ2n) is 13.9. The molecule has 0 spiro atoms. The van der Waals surface area contributed by atoms with Gasteiger partial charge in [0.15, 0.2) is 5.84 Å². The Morgan fingerprint density at radius 1 is 0.491 bits per heavy atom. The molecule has 0 amide bonds. The van der Waals surface area contributed by atoms with Crippen LogP contribution in [0, 0.1) is 0 Å². The lowest BCUT2D eigenvalue weighted by Gasteiger charge is -2.11. The fraction of sp³-hybridized carbons (Fsp3) is 0.0196. The van der Waals surface area contributed by atoms with Gasteiger partial charge in [0.25, 0.3) is 0 Å². The van der Waals surface area contributed by atoms with E-state index in [1.54, 1.807) is 0 Å². The van der Waals surface area contributed by atoms with Crippen molar-refractivity contribution in [2.75, 3.05) is 0 Å². The van der Waals surface area contributed by atoms with E-state index < -0.39 is 0 Å². The van der Waals surface area contributed by atoms with E-state index in [1.165, 1.54) is 21.9 Å². The lowest BCUT2D eigenvalue weighted by Crippen LogP contribution is -2.16. The lowest BCUT2D eigenvalue weighted by atomic mass is 9.93. The highest BCUT2D eigenvalue weighted by atomic mass is 16.3. The average molecular weight is 706 g/mol. The number of nitrogens with two attached hydrogens (primary N) is 1. The second-order valence-corrected chi connectivity index (χ2v) is 13.9. The summed E-state index contributed by atoms with van der Waals surface area (Å²) in [6, 6.07) is 65.5. The van der Waals surface area contributed by atoms with E-state index in [2.05, 4.69) is 127 Å². The van der Waals surface area contributed by atoms with Crippen molar-refractivity contribution in [1.29, 1.82) is 0 Å². The predicted octanol–water partition coefficient (Wildman–Crippen LogP) is 12.7. The number of aliphatic imine (C=N–C) groups is 2. The zero-order valence-electron chi connectivity index (χ0n) is 30.0. The number of nitrogens with zero attached hydrogens (tertiary/aromatic N) is 2. The number of furan rings is 1. The summed E-state index contributed by atoms with van der Waals surface area (Å²) in [5.41, 5.74) is 15.9. The summed E-state index contributed by atoms with van der Waals surface area (Å²) in [7, 11) is 0. The van der Waals surface area contributed by atoms with Crippen LogP contribution in [0.4, 0.5) is 0 Å². The summed E-state index contributed by atoms with van der Waals surface area (Å²) in [6.07, 6.45) is 0. The normalized spacial score (nSPS) is 12.4. The van der Waals surface area contributed by atoms with E-state index in [-0.39, 0.29) is 0 Å². The van der Waals surface area contributed by atoms with Crippen LogP contribution in [0.1, 0.15) is 16.7 Å². The van der Waals surface area contributed by atoms with Gasteiger partial charge < -0.3 is 10.2 Å². The quantitative estimate of drug-likeness (QED) is 0.138. The largest absolute Gasteiger partial charge is 0.455 e. The third-order valence-corrected chi connectivity index (χ3v) is 10.6. The molecule has 0 unspecified atom stereocenters. The minimum Gasteiger partial charge on any atom is -0.455 e. The van der Waals surface area contributed by atoms with Gasteiger partial charge >= 0.3 is 0 Å². The first kappa shape index (κ1) is 32.4. The Kier molecular flexibility index (Phi) is 8.00. The third kappa shape index (κ3) is 5.91. The summed E-state index contributed by atoms with van der Waals surface area (Å²) in [5.74, 6) is 1.00. The Morgan fingerprint density at radius 3 is 1.98 bits per heavy atom. The molecule has 0 atom stereocenters. The maximum Gasteiger partial charge on any atom is 0.157 e. The first-order valence-corrected chi connectivity index (χ1v) is 18.6. The van der Waals surface area contributed by atoms with Crippen molar-refractivity contribution in [3.8, 4) is 22.3 Å². The van der Waals surface area contributed by atoms with Gasteiger partial charge in [-0.05, 0) is 72.9 Å². The van der Waals surface area contributed by atoms with Gasteiger partial charge in [-0.25, -0.2) is 4.99 Å². The SMILES string of the molecule is NC(=NC(=NCc1cccc2oc3c4ccccc4c(-c4ccc(-c5ccc6ccccc6c5)cc4)cc3c12)c1cccc2ccccc12)c1ccccc1. The van der Waals surface area contributed by atoms with Gasteiger partial charge in [0.05, 0.1) is 6.54 Å². The van der Waals surface area contributed by atoms with E-state index in [1.807, 2.05) is 60.7 Å². The van der Waals surface area contributed by atoms with Crippen molar-refractivity contribution in [1.82, 2.24) is 0 Å². The molecule has 0 saturated carbocycles. The lowest BCUT2D eigenvalue weighted by molar-refractivity contribution is 0.672. The molecule has 10 aromatic rings. The first-order chi connectivity index (χ1) is 27.2. The van der Waals surface area contributed by atoms with Crippen LogP contribution in [-0.4, -0.2) is 11.7 Å². The summed E-state index contributed by atoms with van der Waals surface area (Å²) in [5, 5.41) is 9.02. The molecule has 0 saturated heterocycles. The molecule has 2 N–H and O–H groups in total. The molecule has 1 aromatic heterocycles. The van der Waals surface area contributed by atoms with E-state index in [0.717, 1.165) is 71.3 Å². The number of benzene rings is 9. The van der Waals surface area contributed by atoms with Crippen LogP contribution in [0.25, 0.3) is 76.5 Å². The van der Waals surface area contributed by atoms with Gasteiger partial charge in [0, 0.05) is 27.3 Å². The smallest absolute Gasteiger partial charge is 0.157 e. The molecule has 55 heavy (non-hydrogen) atoms. The van der Waals surface area contributed by atoms with Crippen molar-refractivity contribution < 1.29 is 4.42 Å². The van der Waals surface area contributed by atoms with Gasteiger partial charge in [-0.2, -0.15) is 0 Å². The number of fused-ring (bicyclic) bond motifs is 7. The van der Waals surface area contributed by atoms with E-state index >= 15 is 0 Å². The van der Waals surface area contributed by atoms with Gasteiger partial charge in [-0.15, -0.1) is 0 Å². The minimum atomic E-state index is 0.388. The van der Waals surface area contributed by atoms with Gasteiger partial charge in [0.2, 0.25) is 0 Å². The molecule has 0 aliphatic carbocycles. The average Bonchev–Trinajstić information content (AvgIpc) is 3.64. The van der Waals surface area contributed by atoms with Crippen LogP contribution in [0.15, 0.2) is 202 Å². The molecule has 0 fully saturated rings. The standard InChI is InChI=1S/C51H35N3O/c52-50(37-14-2-1-3-15-37)54-51(44-22-10-17-35-13-6-7-19-41(35)44)53-32-40-18-11-23-47-48(40)46-31-45(42-20-8-9-21-43(42)49(46)55-47)36-27-24-34(25-28-36)39-29-26-33-12-4-5-16-38(33)30-39/h1-31H,32H2,(H2,52,53,54). The highest BCUT2D eigenvalue weighted by Gasteiger charge is 2.18. The molecule has 0 aliphatic rings. The fourth-order valence-corrected chi connectivity index (χ4v) is 7.85. The Morgan fingerprint density at radius 2 is 1.15 bits per heavy atom. The zero-order chi connectivity index (χ0) is 36.7. The topological polar surface area (TPSA) is 63.9 Å². The van der Waals surface area contributed by atoms with Crippen LogP contribution < -0.4 is 5.73 Å². The van der Waals surface area contributed by atoms with Crippen molar-refractivity contribution in [3.63, 3.8) is 0 Å². The van der Waals surface area contributed by atoms with Crippen LogP contribution in [0.2, 0.25) is 0 Å². The minimum absolute atomic E-state index is 0.388. The zero-order valence-corrected chi connectivity index (χ0v) is 30.0. The van der Waals surface area contributed by atoms with Crippen molar-refractivity contribution in [3.05, 3.63) is 205 Å². The first-order valence-electron chi connectivity index (χ1n) is 18.6. The summed E-state index contributed by atoms with van der Waals surface area (Å²) in [4.78, 5) is 10.2. The van der Waals surface area contributed by atoms with Gasteiger partial charge in [0.1, 0.15) is 17.0 Å². The monoisotopic (exact) mass is 705 g/mol. The molecule has 0 aliphatic heterocycles. The summed E-state index contributed by atoms with van der Waals surface area (Å²) in [6.45, 7) is 0.388. The summed E-state index contributed by atoms with van der Waals surface area (Å²) >= 11 is 0. The number of hydrogen-bond donors (Lipinski definition) is 1. The maximum absolute atomic E-state index is 6.68. The Bertz CT molecular complexity index is 3110. The molecule has 0 radical (unpaired) electrons. The highest BCUT2D eigenvalue weighted by molar-refractivity contribution is 6.20. The molecule has 4 heteroatoms. The number of hydrogen-bond acceptors (Lipinski definition) is 2. The van der Waals surface area contributed by atoms with Crippen molar-refractivity contribution >= 4 is 65.9 Å². The molecule has 260 valence electrons. The van der Waals surface area contributed by atoms with E-state index in [9.17, 15) is 0 Å².